The number of hydrogen-bond acceptors (Lipinski definition) is 5. The maximum atomic E-state index is 5.63. The number of hydrogen-bond donors (Lipinski definition) is 2. The van der Waals surface area contributed by atoms with Gasteiger partial charge in [0, 0.05) is 11.1 Å². The van der Waals surface area contributed by atoms with Crippen LogP contribution >= 0.6 is 0 Å². The Bertz CT molecular complexity index is 424. The molecule has 0 amide bonds. The lowest BCUT2D eigenvalue weighted by Crippen LogP contribution is -2.35. The quantitative estimate of drug-likeness (QED) is 0.864. The maximum absolute atomic E-state index is 5.63. The molecule has 0 fully saturated rings. The molecule has 0 atom stereocenters. The van der Waals surface area contributed by atoms with Gasteiger partial charge in [-0.05, 0) is 46.5 Å². The Balaban J connectivity index is 2.59. The second kappa shape index (κ2) is 5.72. The fraction of sp³-hybridized carbons (Fsp3) is 0.867. The van der Waals surface area contributed by atoms with Crippen LogP contribution in [0.4, 0.5) is 6.01 Å². The molecule has 0 spiro atoms. The maximum Gasteiger partial charge on any atom is 0.315 e. The average molecular weight is 282 g/mol. The molecule has 0 unspecified atom stereocenters. The molecule has 0 bridgehead atoms. The molecule has 1 heterocycles. The Hall–Kier alpha value is -1.10. The van der Waals surface area contributed by atoms with Crippen LogP contribution in [0.15, 0.2) is 4.42 Å². The van der Waals surface area contributed by atoms with Crippen molar-refractivity contribution in [3.63, 3.8) is 0 Å². The highest BCUT2D eigenvalue weighted by atomic mass is 16.4. The van der Waals surface area contributed by atoms with Gasteiger partial charge in [0.2, 0.25) is 5.89 Å². The van der Waals surface area contributed by atoms with Crippen LogP contribution in [-0.2, 0) is 6.54 Å². The van der Waals surface area contributed by atoms with Crippen LogP contribution in [0.2, 0.25) is 0 Å². The van der Waals surface area contributed by atoms with E-state index in [2.05, 4.69) is 76.2 Å². The van der Waals surface area contributed by atoms with Gasteiger partial charge in [-0.25, -0.2) is 0 Å². The number of rotatable bonds is 5. The molecule has 0 radical (unpaired) electrons. The summed E-state index contributed by atoms with van der Waals surface area (Å²) in [7, 11) is 0. The van der Waals surface area contributed by atoms with Gasteiger partial charge in [0.25, 0.3) is 0 Å². The third kappa shape index (κ3) is 6.89. The third-order valence-corrected chi connectivity index (χ3v) is 2.65. The number of nitrogens with zero attached hydrogens (tertiary/aromatic N) is 2. The Morgan fingerprint density at radius 3 is 2.05 bits per heavy atom. The molecule has 0 aliphatic rings. The molecule has 0 aromatic carbocycles. The van der Waals surface area contributed by atoms with Crippen molar-refractivity contribution < 1.29 is 4.42 Å². The minimum absolute atomic E-state index is 0.0353. The lowest BCUT2D eigenvalue weighted by atomic mass is 9.82. The van der Waals surface area contributed by atoms with Crippen molar-refractivity contribution in [3.8, 4) is 0 Å². The molecular formula is C15H30N4O. The molecule has 5 heteroatoms. The summed E-state index contributed by atoms with van der Waals surface area (Å²) in [5.41, 5.74) is 0.195. The van der Waals surface area contributed by atoms with Crippen LogP contribution < -0.4 is 10.6 Å². The highest BCUT2D eigenvalue weighted by molar-refractivity contribution is 5.23. The zero-order valence-electron chi connectivity index (χ0n) is 14.2. The van der Waals surface area contributed by atoms with Gasteiger partial charge in [0.1, 0.15) is 0 Å². The van der Waals surface area contributed by atoms with E-state index < -0.39 is 0 Å². The van der Waals surface area contributed by atoms with Crippen molar-refractivity contribution in [2.24, 2.45) is 5.41 Å². The van der Waals surface area contributed by atoms with Crippen molar-refractivity contribution >= 4 is 6.01 Å². The largest absolute Gasteiger partial charge is 0.407 e. The smallest absolute Gasteiger partial charge is 0.315 e. The lowest BCUT2D eigenvalue weighted by molar-refractivity contribution is 0.297. The summed E-state index contributed by atoms with van der Waals surface area (Å²) in [5.74, 6) is 0.606. The van der Waals surface area contributed by atoms with Gasteiger partial charge in [0.15, 0.2) is 0 Å². The van der Waals surface area contributed by atoms with Crippen LogP contribution in [-0.4, -0.2) is 21.3 Å². The lowest BCUT2D eigenvalue weighted by Gasteiger charge is -2.32. The average Bonchev–Trinajstić information content (AvgIpc) is 2.56. The molecule has 0 saturated heterocycles. The van der Waals surface area contributed by atoms with E-state index >= 15 is 0 Å². The highest BCUT2D eigenvalue weighted by Gasteiger charge is 2.27. The van der Waals surface area contributed by atoms with Crippen LogP contribution in [0.5, 0.6) is 0 Å². The normalized spacial score (nSPS) is 13.6. The molecule has 1 aromatic heterocycles. The van der Waals surface area contributed by atoms with Crippen molar-refractivity contribution in [2.45, 2.75) is 79.4 Å². The predicted octanol–water partition coefficient (Wildman–Crippen LogP) is 3.58. The summed E-state index contributed by atoms with van der Waals surface area (Å²) in [6.45, 7) is 17.9. The van der Waals surface area contributed by atoms with Crippen LogP contribution in [0.25, 0.3) is 0 Å². The van der Waals surface area contributed by atoms with Crippen LogP contribution in [0.3, 0.4) is 0 Å². The summed E-state index contributed by atoms with van der Waals surface area (Å²) < 4.78 is 5.63. The van der Waals surface area contributed by atoms with Gasteiger partial charge in [-0.3, -0.25) is 0 Å². The zero-order chi connectivity index (χ0) is 15.6. The first-order chi connectivity index (χ1) is 8.86. The summed E-state index contributed by atoms with van der Waals surface area (Å²) in [5, 5.41) is 14.8. The molecule has 1 rings (SSSR count). The second-order valence-electron chi connectivity index (χ2n) is 8.35. The number of anilines is 1. The summed E-state index contributed by atoms with van der Waals surface area (Å²) in [4.78, 5) is 0. The van der Waals surface area contributed by atoms with Crippen molar-refractivity contribution in [3.05, 3.63) is 5.89 Å². The minimum atomic E-state index is -0.0838. The molecule has 0 aliphatic carbocycles. The zero-order valence-corrected chi connectivity index (χ0v) is 14.2. The first-order valence-corrected chi connectivity index (χ1v) is 7.22. The van der Waals surface area contributed by atoms with Crippen molar-refractivity contribution in [1.82, 2.24) is 15.5 Å². The topological polar surface area (TPSA) is 63.0 Å². The standard InChI is InChI=1S/C15H30N4O/c1-13(2,3)10-15(7,8)17-12-19-18-11(20-12)9-16-14(4,5)6/h16H,9-10H2,1-8H3,(H,17,19). The van der Waals surface area contributed by atoms with Crippen LogP contribution in [0.1, 0.15) is 67.7 Å². The molecule has 0 saturated carbocycles. The summed E-state index contributed by atoms with van der Waals surface area (Å²) >= 11 is 0. The van der Waals surface area contributed by atoms with E-state index in [1.807, 2.05) is 0 Å². The fourth-order valence-electron chi connectivity index (χ4n) is 2.38. The SMILES string of the molecule is CC(C)(C)CC(C)(C)Nc1nnc(CNC(C)(C)C)o1. The number of aromatic nitrogens is 2. The van der Waals surface area contributed by atoms with Gasteiger partial charge in [0.05, 0.1) is 6.54 Å². The van der Waals surface area contributed by atoms with Crippen molar-refractivity contribution in [2.75, 3.05) is 5.32 Å². The molecule has 1 aromatic rings. The molecule has 20 heavy (non-hydrogen) atoms. The number of nitrogens with one attached hydrogen (secondary N) is 2. The van der Waals surface area contributed by atoms with Gasteiger partial charge >= 0.3 is 6.01 Å². The fourth-order valence-corrected chi connectivity index (χ4v) is 2.38. The Morgan fingerprint density at radius 1 is 0.950 bits per heavy atom. The van der Waals surface area contributed by atoms with E-state index in [-0.39, 0.29) is 16.5 Å². The highest BCUT2D eigenvalue weighted by Crippen LogP contribution is 2.29. The first kappa shape index (κ1) is 17.0. The van der Waals surface area contributed by atoms with E-state index in [9.17, 15) is 0 Å². The Labute approximate surface area is 122 Å². The molecule has 5 nitrogen and oxygen atoms in total. The minimum Gasteiger partial charge on any atom is -0.407 e. The van der Waals surface area contributed by atoms with Gasteiger partial charge in [-0.2, -0.15) is 0 Å². The second-order valence-corrected chi connectivity index (χ2v) is 8.35. The summed E-state index contributed by atoms with van der Waals surface area (Å²) in [6.07, 6.45) is 1.01. The first-order valence-electron chi connectivity index (χ1n) is 7.22. The molecule has 0 aliphatic heterocycles. The van der Waals surface area contributed by atoms with E-state index in [1.165, 1.54) is 0 Å². The van der Waals surface area contributed by atoms with E-state index in [0.717, 1.165) is 6.42 Å². The van der Waals surface area contributed by atoms with Crippen molar-refractivity contribution in [1.29, 1.82) is 0 Å². The summed E-state index contributed by atoms with van der Waals surface area (Å²) in [6, 6.07) is 0.491. The van der Waals surface area contributed by atoms with Gasteiger partial charge in [-0.15, -0.1) is 5.10 Å². The van der Waals surface area contributed by atoms with E-state index in [4.69, 9.17) is 4.42 Å². The van der Waals surface area contributed by atoms with Gasteiger partial charge < -0.3 is 15.1 Å². The Morgan fingerprint density at radius 2 is 1.55 bits per heavy atom. The van der Waals surface area contributed by atoms with E-state index in [1.54, 1.807) is 0 Å². The Kier molecular flexibility index (Phi) is 4.85. The molecule has 2 N–H and O–H groups in total. The van der Waals surface area contributed by atoms with E-state index in [0.29, 0.717) is 18.5 Å². The third-order valence-electron chi connectivity index (χ3n) is 2.65. The van der Waals surface area contributed by atoms with Crippen LogP contribution in [0, 0.1) is 5.41 Å². The molecule has 116 valence electrons. The van der Waals surface area contributed by atoms with Gasteiger partial charge in [-0.1, -0.05) is 25.9 Å². The predicted molar refractivity (Wildman–Crippen MR) is 82.7 cm³/mol. The monoisotopic (exact) mass is 282 g/mol. The molecular weight excluding hydrogens is 252 g/mol.